The fourth-order valence-electron chi connectivity index (χ4n) is 15.5. The van der Waals surface area contributed by atoms with Crippen molar-refractivity contribution in [1.29, 1.82) is 0 Å². The summed E-state index contributed by atoms with van der Waals surface area (Å²) < 4.78 is 127. The standard InChI is InChI=1S/C89H114O21Si/c1-56(90)29-40-79(91)105-73-38-41-80(98-57(73)2)107-86-59(4)103-85(50-77(86)95-53-65-30-32-67-25-17-19-27-69(67)45-65)110-89-62(7)101-83(48-76(89)94-52-64-23-15-12-16-24-64)106-74-39-42-81(99-58(74)3)108-87-60(5)102-84(49-78(87)96-54-66-31-33-68-26-18-20-28-70(68)46-66)109-88-61(6)100-82(47-75(88)93-51-63-21-13-11-14-22-63)104-72-36-34-71(35-37-72)97-55-92-43-44-111(8,9)10/h11-28,30-37,45-46,57-62,73-78,80-89H,29,38-44,47-55H2,1-10H3/t57-,58-,59+,60+,61+,62+,73-,74-,75+,76+,77+,78+,80-,81-,82-,83-,84-,85-,86+,87+,88+,89+/m0/s1. The van der Waals surface area contributed by atoms with Gasteiger partial charge in [-0.1, -0.05) is 153 Å². The second-order valence-corrected chi connectivity index (χ2v) is 37.5. The molecule has 0 bridgehead atoms. The second kappa shape index (κ2) is 39.6. The van der Waals surface area contributed by atoms with E-state index in [1.165, 1.54) is 6.92 Å². The number of hydrogen-bond donors (Lipinski definition) is 0. The Morgan fingerprint density at radius 1 is 0.378 bits per heavy atom. The number of benzene rings is 7. The summed E-state index contributed by atoms with van der Waals surface area (Å²) in [6.07, 6.45) is -7.95. The van der Waals surface area contributed by atoms with Gasteiger partial charge in [-0.2, -0.15) is 0 Å². The number of carbonyl (C=O) groups is 2. The third kappa shape index (κ3) is 23.8. The molecule has 7 aromatic carbocycles. The van der Waals surface area contributed by atoms with Crippen LogP contribution < -0.4 is 9.47 Å². The molecule has 13 rings (SSSR count). The van der Waals surface area contributed by atoms with Gasteiger partial charge in [-0.25, -0.2) is 0 Å². The Morgan fingerprint density at radius 3 is 1.22 bits per heavy atom. The average molecular weight is 1550 g/mol. The molecule has 0 saturated carbocycles. The molecule has 0 aliphatic carbocycles. The third-order valence-corrected chi connectivity index (χ3v) is 23.4. The number of ether oxygens (including phenoxy) is 19. The minimum atomic E-state index is -1.21. The van der Waals surface area contributed by atoms with Gasteiger partial charge in [0.1, 0.15) is 47.8 Å². The SMILES string of the molecule is CC(=O)CCC(=O)O[C@H]1CC[C@H](O[C@@H]2[C@@H](C)O[C@@H](O[C@@H]3[C@@H](C)O[C@@H](O[C@H]4CC[C@H](O[C@@H]5[C@@H](C)O[C@@H](O[C@@H]6[C@@H](C)O[C@@H](Oc7ccc(OCOCC[Si](C)(C)C)cc7)C[C@H]6OCc6ccccc6)C[C@H]5OCc5ccc6ccccc6c5)O[C@H]4C)C[C@H]3OCc3ccccc3)C[C@H]2OCc2ccc3ccccc3c2)O[C@H]1C. The van der Waals surface area contributed by atoms with Gasteiger partial charge >= 0.3 is 5.97 Å². The summed E-state index contributed by atoms with van der Waals surface area (Å²) in [7, 11) is -1.21. The molecule has 111 heavy (non-hydrogen) atoms. The molecule has 6 fully saturated rings. The summed E-state index contributed by atoms with van der Waals surface area (Å²) in [5.74, 6) is 0.840. The van der Waals surface area contributed by atoms with Gasteiger partial charge in [0.05, 0.1) is 100.0 Å². The van der Waals surface area contributed by atoms with E-state index in [1.54, 1.807) is 0 Å². The van der Waals surface area contributed by atoms with Crippen LogP contribution in [0.3, 0.4) is 0 Å². The smallest absolute Gasteiger partial charge is 0.306 e. The number of carbonyl (C=O) groups excluding carboxylic acids is 2. The Kier molecular flexibility index (Phi) is 29.4. The summed E-state index contributed by atoms with van der Waals surface area (Å²) in [5, 5.41) is 4.54. The van der Waals surface area contributed by atoms with E-state index in [1.807, 2.05) is 139 Å². The number of esters is 1. The molecule has 6 aliphatic heterocycles. The zero-order valence-electron chi connectivity index (χ0n) is 66.0. The minimum absolute atomic E-state index is 0.0309. The maximum absolute atomic E-state index is 12.7. The highest BCUT2D eigenvalue weighted by Gasteiger charge is 2.49. The van der Waals surface area contributed by atoms with Crippen LogP contribution in [0.1, 0.15) is 135 Å². The first-order valence-electron chi connectivity index (χ1n) is 40.1. The maximum atomic E-state index is 12.7. The van der Waals surface area contributed by atoms with E-state index in [4.69, 9.17) is 90.0 Å². The lowest BCUT2D eigenvalue weighted by Crippen LogP contribution is -2.57. The monoisotopic (exact) mass is 1550 g/mol. The van der Waals surface area contributed by atoms with E-state index < -0.39 is 143 Å². The molecular weight excluding hydrogens is 1430 g/mol. The zero-order valence-corrected chi connectivity index (χ0v) is 67.0. The molecule has 7 aromatic rings. The molecule has 0 aromatic heterocycles. The molecule has 0 spiro atoms. The Balaban J connectivity index is 0.651. The van der Waals surface area contributed by atoms with Gasteiger partial charge in [0.2, 0.25) is 6.29 Å². The molecule has 21 nitrogen and oxygen atoms in total. The molecule has 22 heteroatoms. The lowest BCUT2D eigenvalue weighted by molar-refractivity contribution is -0.348. The van der Waals surface area contributed by atoms with E-state index in [0.717, 1.165) is 49.8 Å². The van der Waals surface area contributed by atoms with E-state index in [2.05, 4.69) is 92.4 Å². The number of fused-ring (bicyclic) bond motifs is 2. The highest BCUT2D eigenvalue weighted by Crippen LogP contribution is 2.40. The van der Waals surface area contributed by atoms with Crippen molar-refractivity contribution in [2.75, 3.05) is 13.4 Å². The predicted octanol–water partition coefficient (Wildman–Crippen LogP) is 16.2. The van der Waals surface area contributed by atoms with Gasteiger partial charge in [0.25, 0.3) is 0 Å². The molecule has 6 heterocycles. The summed E-state index contributed by atoms with van der Waals surface area (Å²) in [6, 6.07) is 58.1. The molecular formula is C89H114O21Si. The van der Waals surface area contributed by atoms with E-state index in [0.29, 0.717) is 95.9 Å². The van der Waals surface area contributed by atoms with Gasteiger partial charge in [0.15, 0.2) is 38.2 Å². The second-order valence-electron chi connectivity index (χ2n) is 31.8. The quantitative estimate of drug-likeness (QED) is 0.0159. The fraction of sp³-hybridized carbons (Fsp3) is 0.551. The van der Waals surface area contributed by atoms with Gasteiger partial charge < -0.3 is 94.8 Å². The van der Waals surface area contributed by atoms with Crippen LogP contribution in [-0.2, 0) is 117 Å². The number of hydrogen-bond acceptors (Lipinski definition) is 21. The van der Waals surface area contributed by atoms with Crippen LogP contribution in [0, 0.1) is 0 Å². The summed E-state index contributed by atoms with van der Waals surface area (Å²) >= 11 is 0. The highest BCUT2D eigenvalue weighted by molar-refractivity contribution is 6.76. The Hall–Kier alpha value is -6.62. The van der Waals surface area contributed by atoms with Crippen molar-refractivity contribution in [3.63, 3.8) is 0 Å². The van der Waals surface area contributed by atoms with Crippen LogP contribution in [0.25, 0.3) is 21.5 Å². The first kappa shape index (κ1) is 82.4. The lowest BCUT2D eigenvalue weighted by atomic mass is 9.99. The largest absolute Gasteiger partial charge is 0.468 e. The number of rotatable bonds is 34. The molecule has 22 atom stereocenters. The Morgan fingerprint density at radius 2 is 0.766 bits per heavy atom. The summed E-state index contributed by atoms with van der Waals surface area (Å²) in [6.45, 7) is 22.5. The van der Waals surface area contributed by atoms with Crippen molar-refractivity contribution in [1.82, 2.24) is 0 Å². The van der Waals surface area contributed by atoms with Crippen molar-refractivity contribution >= 4 is 41.4 Å². The molecule has 0 N–H and O–H groups in total. The van der Waals surface area contributed by atoms with Gasteiger partial charge in [-0.15, -0.1) is 0 Å². The molecule has 6 aliphatic rings. The van der Waals surface area contributed by atoms with E-state index >= 15 is 0 Å². The lowest BCUT2D eigenvalue weighted by Gasteiger charge is -2.47. The van der Waals surface area contributed by atoms with Crippen molar-refractivity contribution in [2.45, 2.75) is 300 Å². The van der Waals surface area contributed by atoms with E-state index in [-0.39, 0.29) is 31.5 Å². The normalized spacial score (nSPS) is 31.4. The van der Waals surface area contributed by atoms with Gasteiger partial charge in [0, 0.05) is 59.6 Å². The highest BCUT2D eigenvalue weighted by atomic mass is 28.3. The van der Waals surface area contributed by atoms with Crippen LogP contribution in [0.5, 0.6) is 11.5 Å². The molecule has 0 unspecified atom stereocenters. The molecule has 6 saturated heterocycles. The first-order chi connectivity index (χ1) is 53.7. The average Bonchev–Trinajstić information content (AvgIpc) is 0.798. The van der Waals surface area contributed by atoms with Crippen molar-refractivity contribution in [3.05, 3.63) is 192 Å². The molecule has 0 amide bonds. The minimum Gasteiger partial charge on any atom is -0.468 e. The number of Topliss-reactive ketones (excluding diaryl/α,β-unsaturated/α-hetero) is 1. The Labute approximate surface area is 654 Å². The van der Waals surface area contributed by atoms with Gasteiger partial charge in [-0.3, -0.25) is 4.79 Å². The van der Waals surface area contributed by atoms with Crippen molar-refractivity contribution in [3.8, 4) is 11.5 Å². The van der Waals surface area contributed by atoms with Crippen LogP contribution >= 0.6 is 0 Å². The maximum Gasteiger partial charge on any atom is 0.306 e. The predicted molar refractivity (Wildman–Crippen MR) is 419 cm³/mol. The number of ketones is 1. The van der Waals surface area contributed by atoms with Crippen LogP contribution in [0.2, 0.25) is 25.7 Å². The zero-order chi connectivity index (χ0) is 77.4. The van der Waals surface area contributed by atoms with E-state index in [9.17, 15) is 9.59 Å². The molecule has 600 valence electrons. The topological polar surface area (TPSA) is 210 Å². The van der Waals surface area contributed by atoms with Gasteiger partial charge in [-0.05, 0) is 148 Å². The van der Waals surface area contributed by atoms with Crippen LogP contribution in [-0.4, -0.2) is 169 Å². The third-order valence-electron chi connectivity index (χ3n) is 21.7. The summed E-state index contributed by atoms with van der Waals surface area (Å²) in [5.41, 5.74) is 4.09. The van der Waals surface area contributed by atoms with Crippen molar-refractivity contribution < 1.29 is 99.6 Å². The first-order valence-corrected chi connectivity index (χ1v) is 43.8. The molecule has 0 radical (unpaired) electrons. The Bertz CT molecular complexity index is 4020. The fourth-order valence-corrected chi connectivity index (χ4v) is 16.3. The van der Waals surface area contributed by atoms with Crippen LogP contribution in [0.15, 0.2) is 170 Å². The van der Waals surface area contributed by atoms with Crippen molar-refractivity contribution in [2.24, 2.45) is 0 Å². The summed E-state index contributed by atoms with van der Waals surface area (Å²) in [4.78, 5) is 24.3. The van der Waals surface area contributed by atoms with Crippen LogP contribution in [0.4, 0.5) is 0 Å².